The van der Waals surface area contributed by atoms with Crippen molar-refractivity contribution in [2.24, 2.45) is 0 Å². The second kappa shape index (κ2) is 6.93. The number of aromatic nitrogens is 1. The Morgan fingerprint density at radius 1 is 1.45 bits per heavy atom. The lowest BCUT2D eigenvalue weighted by molar-refractivity contribution is -0.200. The highest BCUT2D eigenvalue weighted by Crippen LogP contribution is 2.25. The molecule has 1 fully saturated rings. The van der Waals surface area contributed by atoms with Crippen molar-refractivity contribution < 1.29 is 27.5 Å². The molecule has 1 amide bonds. The van der Waals surface area contributed by atoms with E-state index in [0.717, 1.165) is 25.1 Å². The summed E-state index contributed by atoms with van der Waals surface area (Å²) >= 11 is 0. The Kier molecular flexibility index (Phi) is 5.19. The van der Waals surface area contributed by atoms with Gasteiger partial charge in [-0.1, -0.05) is 0 Å². The van der Waals surface area contributed by atoms with Crippen LogP contribution in [0.15, 0.2) is 23.1 Å². The third-order valence-electron chi connectivity index (χ3n) is 3.08. The molecule has 0 saturated carbocycles. The van der Waals surface area contributed by atoms with Crippen molar-refractivity contribution in [3.63, 3.8) is 0 Å². The Hall–Kier alpha value is -1.87. The molecule has 1 aromatic heterocycles. The van der Waals surface area contributed by atoms with E-state index in [-0.39, 0.29) is 0 Å². The van der Waals surface area contributed by atoms with Gasteiger partial charge in [0.05, 0.1) is 0 Å². The zero-order valence-electron chi connectivity index (χ0n) is 11.6. The molecule has 1 saturated heterocycles. The topological polar surface area (TPSA) is 69.6 Å². The van der Waals surface area contributed by atoms with Crippen molar-refractivity contribution in [1.82, 2.24) is 10.0 Å². The van der Waals surface area contributed by atoms with Gasteiger partial charge in [0.25, 0.3) is 11.5 Å². The van der Waals surface area contributed by atoms with E-state index in [0.29, 0.717) is 23.7 Å². The molecule has 22 heavy (non-hydrogen) atoms. The molecule has 0 bridgehead atoms. The van der Waals surface area contributed by atoms with Crippen LogP contribution in [0.4, 0.5) is 13.2 Å². The van der Waals surface area contributed by atoms with Gasteiger partial charge in [0.15, 0.2) is 6.29 Å². The zero-order chi connectivity index (χ0) is 16.2. The third-order valence-corrected chi connectivity index (χ3v) is 3.08. The molecule has 2 heterocycles. The number of pyridine rings is 1. The first-order valence-corrected chi connectivity index (χ1v) is 6.70. The molecule has 0 unspecified atom stereocenters. The van der Waals surface area contributed by atoms with Crippen molar-refractivity contribution in [3.05, 3.63) is 34.2 Å². The molecular formula is C13H15F3N2O4. The van der Waals surface area contributed by atoms with Crippen LogP contribution in [0.1, 0.15) is 24.8 Å². The van der Waals surface area contributed by atoms with E-state index in [1.165, 1.54) is 0 Å². The van der Waals surface area contributed by atoms with E-state index >= 15 is 0 Å². The van der Waals surface area contributed by atoms with Crippen LogP contribution in [0.3, 0.4) is 0 Å². The molecule has 122 valence electrons. The van der Waals surface area contributed by atoms with E-state index in [9.17, 15) is 22.8 Å². The molecule has 1 aliphatic heterocycles. The highest BCUT2D eigenvalue weighted by atomic mass is 19.4. The third kappa shape index (κ3) is 4.31. The average molecular weight is 320 g/mol. The summed E-state index contributed by atoms with van der Waals surface area (Å²) < 4.78 is 43.7. The second-order valence-corrected chi connectivity index (χ2v) is 4.79. The molecule has 0 aliphatic carbocycles. The van der Waals surface area contributed by atoms with Gasteiger partial charge < -0.3 is 9.30 Å². The van der Waals surface area contributed by atoms with Crippen LogP contribution in [-0.4, -0.2) is 23.4 Å². The molecule has 1 atom stereocenters. The van der Waals surface area contributed by atoms with Gasteiger partial charge in [0.1, 0.15) is 12.1 Å². The van der Waals surface area contributed by atoms with Gasteiger partial charge in [-0.2, -0.15) is 13.2 Å². The summed E-state index contributed by atoms with van der Waals surface area (Å²) in [6.45, 7) is -0.0525. The lowest BCUT2D eigenvalue weighted by Gasteiger charge is -2.22. The van der Waals surface area contributed by atoms with Crippen LogP contribution in [-0.2, 0) is 27.1 Å². The lowest BCUT2D eigenvalue weighted by Crippen LogP contribution is -2.37. The first kappa shape index (κ1) is 16.5. The van der Waals surface area contributed by atoms with Crippen LogP contribution < -0.4 is 11.0 Å². The first-order chi connectivity index (χ1) is 10.4. The van der Waals surface area contributed by atoms with E-state index in [1.807, 2.05) is 0 Å². The molecule has 6 nitrogen and oxygen atoms in total. The number of nitrogens with one attached hydrogen (secondary N) is 1. The summed E-state index contributed by atoms with van der Waals surface area (Å²) in [5, 5.41) is 0. The second-order valence-electron chi connectivity index (χ2n) is 4.79. The fourth-order valence-electron chi connectivity index (χ4n) is 2.00. The number of hydrogen-bond donors (Lipinski definition) is 1. The van der Waals surface area contributed by atoms with Crippen LogP contribution in [0.5, 0.6) is 0 Å². The van der Waals surface area contributed by atoms with Gasteiger partial charge >= 0.3 is 6.18 Å². The Bertz CT molecular complexity index is 579. The van der Waals surface area contributed by atoms with Crippen molar-refractivity contribution in [2.45, 2.75) is 38.3 Å². The van der Waals surface area contributed by atoms with Gasteiger partial charge in [0, 0.05) is 19.2 Å². The monoisotopic (exact) mass is 320 g/mol. The minimum atomic E-state index is -4.76. The van der Waals surface area contributed by atoms with Crippen molar-refractivity contribution in [3.8, 4) is 0 Å². The Balaban J connectivity index is 1.95. The SMILES string of the molecule is O=C(Cn1cccc(C(F)(F)F)c1=O)NO[C@@H]1CCCCO1. The van der Waals surface area contributed by atoms with Gasteiger partial charge in [0.2, 0.25) is 0 Å². The van der Waals surface area contributed by atoms with Crippen LogP contribution in [0.25, 0.3) is 0 Å². The predicted octanol–water partition coefficient (Wildman–Crippen LogP) is 1.44. The maximum absolute atomic E-state index is 12.6. The van der Waals surface area contributed by atoms with Crippen molar-refractivity contribution in [2.75, 3.05) is 6.61 Å². The number of carbonyl (C=O) groups excluding carboxylic acids is 1. The zero-order valence-corrected chi connectivity index (χ0v) is 11.6. The highest BCUT2D eigenvalue weighted by molar-refractivity contribution is 5.74. The van der Waals surface area contributed by atoms with Gasteiger partial charge in [-0.3, -0.25) is 9.59 Å². The predicted molar refractivity (Wildman–Crippen MR) is 68.5 cm³/mol. The van der Waals surface area contributed by atoms with Crippen molar-refractivity contribution >= 4 is 5.91 Å². The van der Waals surface area contributed by atoms with E-state index < -0.39 is 36.0 Å². The molecule has 2 rings (SSSR count). The number of hydrogen-bond acceptors (Lipinski definition) is 4. The van der Waals surface area contributed by atoms with Gasteiger partial charge in [-0.15, -0.1) is 0 Å². The maximum atomic E-state index is 12.6. The highest BCUT2D eigenvalue weighted by Gasteiger charge is 2.34. The van der Waals surface area contributed by atoms with Crippen LogP contribution in [0, 0.1) is 0 Å². The van der Waals surface area contributed by atoms with E-state index in [1.54, 1.807) is 0 Å². The molecule has 1 N–H and O–H groups in total. The summed E-state index contributed by atoms with van der Waals surface area (Å²) in [6, 6.07) is 1.73. The van der Waals surface area contributed by atoms with Crippen molar-refractivity contribution in [1.29, 1.82) is 0 Å². The largest absolute Gasteiger partial charge is 0.421 e. The first-order valence-electron chi connectivity index (χ1n) is 6.70. The van der Waals surface area contributed by atoms with Crippen LogP contribution in [0.2, 0.25) is 0 Å². The standard InChI is InChI=1S/C13H15F3N2O4/c14-13(15,16)9-4-3-6-18(12(9)20)8-10(19)17-22-11-5-1-2-7-21-11/h3-4,6,11H,1-2,5,7-8H2,(H,17,19)/t11-/m1/s1. The summed E-state index contributed by atoms with van der Waals surface area (Å²) in [7, 11) is 0. The summed E-state index contributed by atoms with van der Waals surface area (Å²) in [4.78, 5) is 28.3. The van der Waals surface area contributed by atoms with Gasteiger partial charge in [-0.05, 0) is 25.0 Å². The van der Waals surface area contributed by atoms with Crippen LogP contribution >= 0.6 is 0 Å². The Morgan fingerprint density at radius 2 is 2.23 bits per heavy atom. The summed E-state index contributed by atoms with van der Waals surface area (Å²) in [5.41, 5.74) is -0.517. The number of rotatable bonds is 4. The smallest absolute Gasteiger partial charge is 0.350 e. The number of nitrogens with zero attached hydrogens (tertiary/aromatic N) is 1. The number of hydroxylamine groups is 1. The molecule has 0 radical (unpaired) electrons. The minimum Gasteiger partial charge on any atom is -0.350 e. The maximum Gasteiger partial charge on any atom is 0.421 e. The summed E-state index contributed by atoms with van der Waals surface area (Å²) in [6.07, 6.45) is -1.81. The number of amides is 1. The number of halogens is 3. The summed E-state index contributed by atoms with van der Waals surface area (Å²) in [5.74, 6) is -0.740. The number of alkyl halides is 3. The Morgan fingerprint density at radius 3 is 2.86 bits per heavy atom. The fraction of sp³-hybridized carbons (Fsp3) is 0.538. The number of carbonyl (C=O) groups is 1. The molecule has 0 aromatic carbocycles. The minimum absolute atomic E-state index is 0.521. The van der Waals surface area contributed by atoms with E-state index in [4.69, 9.17) is 9.57 Å². The molecule has 9 heteroatoms. The van der Waals surface area contributed by atoms with E-state index in [2.05, 4.69) is 5.48 Å². The lowest BCUT2D eigenvalue weighted by atomic mass is 10.2. The molecule has 1 aromatic rings. The number of ether oxygens (including phenoxy) is 1. The molecule has 0 spiro atoms. The fourth-order valence-corrected chi connectivity index (χ4v) is 2.00. The normalized spacial score (nSPS) is 19.0. The molecular weight excluding hydrogens is 305 g/mol. The molecule has 1 aliphatic rings. The Labute approximate surface area is 123 Å². The average Bonchev–Trinajstić information content (AvgIpc) is 2.47. The van der Waals surface area contributed by atoms with Gasteiger partial charge in [-0.25, -0.2) is 10.3 Å². The quantitative estimate of drug-likeness (QED) is 0.853.